The minimum Gasteiger partial charge on any atom is -0.466 e. The highest BCUT2D eigenvalue weighted by molar-refractivity contribution is 5.70. The fraction of sp³-hybridized carbons (Fsp3) is 0.917. The normalized spacial score (nSPS) is 28.8. The second kappa shape index (κ2) is 6.21. The summed E-state index contributed by atoms with van der Waals surface area (Å²) in [7, 11) is 0. The van der Waals surface area contributed by atoms with Gasteiger partial charge in [0.05, 0.1) is 25.2 Å². The molecule has 0 aliphatic carbocycles. The van der Waals surface area contributed by atoms with Crippen LogP contribution in [-0.4, -0.2) is 48.8 Å². The van der Waals surface area contributed by atoms with Crippen molar-refractivity contribution < 1.29 is 14.3 Å². The van der Waals surface area contributed by atoms with Crippen molar-refractivity contribution in [1.29, 1.82) is 0 Å². The van der Waals surface area contributed by atoms with Gasteiger partial charge in [0.25, 0.3) is 0 Å². The molecule has 1 heterocycles. The zero-order valence-corrected chi connectivity index (χ0v) is 10.7. The molecule has 3 atom stereocenters. The van der Waals surface area contributed by atoms with E-state index in [1.165, 1.54) is 0 Å². The van der Waals surface area contributed by atoms with E-state index in [1.807, 2.05) is 6.92 Å². The van der Waals surface area contributed by atoms with Gasteiger partial charge in [0.15, 0.2) is 0 Å². The number of nitrogens with zero attached hydrogens (tertiary/aromatic N) is 1. The number of ether oxygens (including phenoxy) is 2. The summed E-state index contributed by atoms with van der Waals surface area (Å²) in [6.07, 6.45) is 0.953. The van der Waals surface area contributed by atoms with E-state index in [0.717, 1.165) is 13.1 Å². The molecule has 16 heavy (non-hydrogen) atoms. The first kappa shape index (κ1) is 13.5. The Kier molecular flexibility index (Phi) is 5.22. The second-order valence-electron chi connectivity index (χ2n) is 4.57. The van der Waals surface area contributed by atoms with Gasteiger partial charge in [-0.3, -0.25) is 9.69 Å². The molecule has 0 aromatic heterocycles. The molecule has 0 aromatic rings. The first-order valence-electron chi connectivity index (χ1n) is 6.08. The number of rotatable bonds is 4. The quantitative estimate of drug-likeness (QED) is 0.684. The lowest BCUT2D eigenvalue weighted by molar-refractivity contribution is -0.146. The van der Waals surface area contributed by atoms with Crippen molar-refractivity contribution in [3.63, 3.8) is 0 Å². The highest BCUT2D eigenvalue weighted by atomic mass is 16.5. The molecule has 1 fully saturated rings. The Hall–Kier alpha value is -0.610. The Morgan fingerprint density at radius 1 is 1.44 bits per heavy atom. The Morgan fingerprint density at radius 2 is 2.00 bits per heavy atom. The lowest BCUT2D eigenvalue weighted by Crippen LogP contribution is -2.49. The molecule has 1 aliphatic heterocycles. The van der Waals surface area contributed by atoms with Crippen LogP contribution >= 0.6 is 0 Å². The molecule has 4 nitrogen and oxygen atoms in total. The van der Waals surface area contributed by atoms with Crippen LogP contribution < -0.4 is 0 Å². The molecule has 0 bridgehead atoms. The predicted molar refractivity (Wildman–Crippen MR) is 62.3 cm³/mol. The lowest BCUT2D eigenvalue weighted by Gasteiger charge is -2.38. The van der Waals surface area contributed by atoms with Gasteiger partial charge in [-0.1, -0.05) is 0 Å². The summed E-state index contributed by atoms with van der Waals surface area (Å²) in [6, 6.07) is 0.229. The van der Waals surface area contributed by atoms with Crippen molar-refractivity contribution in [2.24, 2.45) is 0 Å². The molecule has 1 rings (SSSR count). The van der Waals surface area contributed by atoms with Crippen molar-refractivity contribution in [3.05, 3.63) is 0 Å². The highest BCUT2D eigenvalue weighted by Gasteiger charge is 2.26. The van der Waals surface area contributed by atoms with Gasteiger partial charge in [-0.25, -0.2) is 0 Å². The van der Waals surface area contributed by atoms with Crippen molar-refractivity contribution >= 4 is 5.97 Å². The van der Waals surface area contributed by atoms with Gasteiger partial charge in [-0.2, -0.15) is 0 Å². The molecule has 1 aliphatic rings. The summed E-state index contributed by atoms with van der Waals surface area (Å²) in [4.78, 5) is 13.7. The molecule has 0 aromatic carbocycles. The van der Waals surface area contributed by atoms with Crippen LogP contribution in [0, 0.1) is 0 Å². The van der Waals surface area contributed by atoms with E-state index >= 15 is 0 Å². The third kappa shape index (κ3) is 4.10. The first-order chi connectivity index (χ1) is 7.52. The molecule has 1 saturated heterocycles. The Morgan fingerprint density at radius 3 is 2.50 bits per heavy atom. The van der Waals surface area contributed by atoms with Crippen LogP contribution in [0.4, 0.5) is 0 Å². The molecule has 0 saturated carbocycles. The van der Waals surface area contributed by atoms with E-state index < -0.39 is 0 Å². The van der Waals surface area contributed by atoms with Gasteiger partial charge in [-0.05, 0) is 27.7 Å². The van der Waals surface area contributed by atoms with Crippen LogP contribution in [0.5, 0.6) is 0 Å². The number of morpholine rings is 1. The van der Waals surface area contributed by atoms with Crippen LogP contribution in [-0.2, 0) is 14.3 Å². The van der Waals surface area contributed by atoms with Crippen molar-refractivity contribution in [2.75, 3.05) is 19.7 Å². The van der Waals surface area contributed by atoms with Crippen LogP contribution in [0.1, 0.15) is 34.1 Å². The predicted octanol–water partition coefficient (Wildman–Crippen LogP) is 1.44. The highest BCUT2D eigenvalue weighted by Crippen LogP contribution is 2.15. The summed E-state index contributed by atoms with van der Waals surface area (Å²) < 4.78 is 10.6. The fourth-order valence-electron chi connectivity index (χ4n) is 2.17. The maximum Gasteiger partial charge on any atom is 0.307 e. The Balaban J connectivity index is 2.40. The SMILES string of the molecule is CCOC(=O)CC(C)N1CC(C)OC(C)C1. The standard InChI is InChI=1S/C12H23NO3/c1-5-15-12(14)6-9(2)13-7-10(3)16-11(4)8-13/h9-11H,5-8H2,1-4H3. The molecule has 94 valence electrons. The van der Waals surface area contributed by atoms with Gasteiger partial charge in [-0.15, -0.1) is 0 Å². The summed E-state index contributed by atoms with van der Waals surface area (Å²) in [5.41, 5.74) is 0. The van der Waals surface area contributed by atoms with Gasteiger partial charge >= 0.3 is 5.97 Å². The van der Waals surface area contributed by atoms with Gasteiger partial charge < -0.3 is 9.47 Å². The summed E-state index contributed by atoms with van der Waals surface area (Å²) >= 11 is 0. The first-order valence-corrected chi connectivity index (χ1v) is 6.08. The third-order valence-corrected chi connectivity index (χ3v) is 2.84. The molecule has 0 N–H and O–H groups in total. The fourth-order valence-corrected chi connectivity index (χ4v) is 2.17. The number of carbonyl (C=O) groups is 1. The molecule has 4 heteroatoms. The van der Waals surface area contributed by atoms with Crippen molar-refractivity contribution in [1.82, 2.24) is 4.90 Å². The van der Waals surface area contributed by atoms with E-state index in [9.17, 15) is 4.79 Å². The van der Waals surface area contributed by atoms with Gasteiger partial charge in [0.2, 0.25) is 0 Å². The second-order valence-corrected chi connectivity index (χ2v) is 4.57. The van der Waals surface area contributed by atoms with E-state index in [0.29, 0.717) is 13.0 Å². The maximum absolute atomic E-state index is 11.4. The Bertz CT molecular complexity index is 222. The van der Waals surface area contributed by atoms with Crippen LogP contribution in [0.25, 0.3) is 0 Å². The summed E-state index contributed by atoms with van der Waals surface area (Å²) in [5.74, 6) is -0.109. The van der Waals surface area contributed by atoms with Gasteiger partial charge in [0.1, 0.15) is 0 Å². The smallest absolute Gasteiger partial charge is 0.307 e. The van der Waals surface area contributed by atoms with E-state index in [2.05, 4.69) is 25.7 Å². The summed E-state index contributed by atoms with van der Waals surface area (Å²) in [5, 5.41) is 0. The topological polar surface area (TPSA) is 38.8 Å². The van der Waals surface area contributed by atoms with Gasteiger partial charge in [0, 0.05) is 19.1 Å². The average molecular weight is 229 g/mol. The lowest BCUT2D eigenvalue weighted by atomic mass is 10.1. The average Bonchev–Trinajstić information content (AvgIpc) is 2.16. The number of esters is 1. The molecular formula is C12H23NO3. The molecule has 3 unspecified atom stereocenters. The number of carbonyl (C=O) groups excluding carboxylic acids is 1. The zero-order chi connectivity index (χ0) is 12.1. The van der Waals surface area contributed by atoms with E-state index in [-0.39, 0.29) is 24.2 Å². The minimum absolute atomic E-state index is 0.109. The summed E-state index contributed by atoms with van der Waals surface area (Å²) in [6.45, 7) is 10.3. The van der Waals surface area contributed by atoms with E-state index in [1.54, 1.807) is 0 Å². The maximum atomic E-state index is 11.4. The molecule has 0 amide bonds. The van der Waals surface area contributed by atoms with E-state index in [4.69, 9.17) is 9.47 Å². The third-order valence-electron chi connectivity index (χ3n) is 2.84. The van der Waals surface area contributed by atoms with Crippen LogP contribution in [0.3, 0.4) is 0 Å². The monoisotopic (exact) mass is 229 g/mol. The van der Waals surface area contributed by atoms with Crippen molar-refractivity contribution in [2.45, 2.75) is 52.4 Å². The molecule has 0 radical (unpaired) electrons. The van der Waals surface area contributed by atoms with Crippen LogP contribution in [0.15, 0.2) is 0 Å². The number of hydrogen-bond donors (Lipinski definition) is 0. The Labute approximate surface area is 97.9 Å². The zero-order valence-electron chi connectivity index (χ0n) is 10.7. The molecule has 0 spiro atoms. The number of hydrogen-bond acceptors (Lipinski definition) is 4. The largest absolute Gasteiger partial charge is 0.466 e. The van der Waals surface area contributed by atoms with Crippen molar-refractivity contribution in [3.8, 4) is 0 Å². The molecular weight excluding hydrogens is 206 g/mol. The van der Waals surface area contributed by atoms with Crippen LogP contribution in [0.2, 0.25) is 0 Å². The minimum atomic E-state index is -0.109.